The van der Waals surface area contributed by atoms with Crippen LogP contribution in [0.4, 0.5) is 0 Å². The van der Waals surface area contributed by atoms with Crippen LogP contribution in [0.3, 0.4) is 0 Å². The zero-order chi connectivity index (χ0) is 22.9. The summed E-state index contributed by atoms with van der Waals surface area (Å²) >= 11 is 0. The number of ether oxygens (including phenoxy) is 1. The highest BCUT2D eigenvalue weighted by Gasteiger charge is 2.17. The molecule has 5 nitrogen and oxygen atoms in total. The van der Waals surface area contributed by atoms with Crippen LogP contribution in [0.15, 0.2) is 78.9 Å². The summed E-state index contributed by atoms with van der Waals surface area (Å²) in [5.74, 6) is 0.320. The Bertz CT molecular complexity index is 1560. The predicted molar refractivity (Wildman–Crippen MR) is 129 cm³/mol. The van der Waals surface area contributed by atoms with Crippen molar-refractivity contribution in [2.24, 2.45) is 5.73 Å². The standard InChI is InChI=1S/C28H20N3O2/c1-33-22-11-8-20(9-12-22)21-10-13-23-26(15-21)31(17-19-5-2-4-18(14-19)16-29)25-7-3-6-24(27(23)25)28(30)32/h2-12,14-15H,17H2,1H3,(H2,30,32). The quantitative estimate of drug-likeness (QED) is 0.411. The summed E-state index contributed by atoms with van der Waals surface area (Å²) in [5, 5.41) is 10.9. The van der Waals surface area contributed by atoms with Crippen molar-refractivity contribution in [1.29, 1.82) is 5.26 Å². The molecule has 2 N–H and O–H groups in total. The van der Waals surface area contributed by atoms with Gasteiger partial charge in [0.25, 0.3) is 0 Å². The first-order valence-corrected chi connectivity index (χ1v) is 10.5. The van der Waals surface area contributed by atoms with Gasteiger partial charge in [0, 0.05) is 22.9 Å². The molecular weight excluding hydrogens is 410 g/mol. The van der Waals surface area contributed by atoms with Gasteiger partial charge in [-0.3, -0.25) is 4.79 Å². The maximum atomic E-state index is 12.2. The lowest BCUT2D eigenvalue weighted by Crippen LogP contribution is -2.11. The molecule has 0 spiro atoms. The average Bonchev–Trinajstić information content (AvgIpc) is 3.17. The summed E-state index contributed by atoms with van der Waals surface area (Å²) in [4.78, 5) is 12.2. The van der Waals surface area contributed by atoms with Crippen molar-refractivity contribution in [3.63, 3.8) is 0 Å². The predicted octanol–water partition coefficient (Wildman–Crippen LogP) is 5.29. The molecule has 1 amide bonds. The molecule has 5 rings (SSSR count). The number of amides is 1. The molecule has 1 aromatic heterocycles. The van der Waals surface area contributed by atoms with E-state index in [0.717, 1.165) is 44.2 Å². The maximum absolute atomic E-state index is 12.2. The Morgan fingerprint density at radius 1 is 1.03 bits per heavy atom. The van der Waals surface area contributed by atoms with Crippen molar-refractivity contribution < 1.29 is 9.53 Å². The topological polar surface area (TPSA) is 81.0 Å². The van der Waals surface area contributed by atoms with E-state index in [1.807, 2.05) is 60.7 Å². The normalized spacial score (nSPS) is 10.9. The molecule has 159 valence electrons. The van der Waals surface area contributed by atoms with Crippen LogP contribution in [-0.4, -0.2) is 17.6 Å². The van der Waals surface area contributed by atoms with Crippen LogP contribution in [0, 0.1) is 17.4 Å². The van der Waals surface area contributed by atoms with Crippen molar-refractivity contribution in [1.82, 2.24) is 4.57 Å². The van der Waals surface area contributed by atoms with Gasteiger partial charge in [-0.05, 0) is 71.3 Å². The highest BCUT2D eigenvalue weighted by Crippen LogP contribution is 2.35. The summed E-state index contributed by atoms with van der Waals surface area (Å²) in [6.07, 6.45) is 0. The maximum Gasteiger partial charge on any atom is 0.249 e. The van der Waals surface area contributed by atoms with Crippen molar-refractivity contribution >= 4 is 27.7 Å². The van der Waals surface area contributed by atoms with E-state index >= 15 is 0 Å². The number of carbonyl (C=O) groups excluding carboxylic acids is 1. The molecular formula is C28H20N3O2. The number of nitrogens with zero attached hydrogens (tertiary/aromatic N) is 2. The smallest absolute Gasteiger partial charge is 0.249 e. The molecule has 0 unspecified atom stereocenters. The highest BCUT2D eigenvalue weighted by molar-refractivity contribution is 6.18. The molecule has 0 fully saturated rings. The molecule has 0 aliphatic carbocycles. The summed E-state index contributed by atoms with van der Waals surface area (Å²) < 4.78 is 7.43. The van der Waals surface area contributed by atoms with E-state index in [1.54, 1.807) is 19.2 Å². The van der Waals surface area contributed by atoms with E-state index in [-0.39, 0.29) is 0 Å². The average molecular weight is 430 g/mol. The number of aromatic nitrogens is 1. The second-order valence-corrected chi connectivity index (χ2v) is 7.84. The summed E-state index contributed by atoms with van der Waals surface area (Å²) in [6.45, 7) is 0.539. The van der Waals surface area contributed by atoms with Crippen LogP contribution < -0.4 is 10.5 Å². The number of nitriles is 1. The van der Waals surface area contributed by atoms with Gasteiger partial charge in [0.2, 0.25) is 5.91 Å². The SMILES string of the molecule is COc1ccc(-c2c[c]c3c4c(C(N)=O)cccc4n(Cc4cccc(C#N)c4)c3c2)cc1. The first-order chi connectivity index (χ1) is 16.1. The third-order valence-electron chi connectivity index (χ3n) is 5.88. The second kappa shape index (κ2) is 8.18. The van der Waals surface area contributed by atoms with Gasteiger partial charge in [-0.2, -0.15) is 5.26 Å². The molecule has 1 heterocycles. The number of fused-ring (bicyclic) bond motifs is 3. The zero-order valence-corrected chi connectivity index (χ0v) is 18.0. The first kappa shape index (κ1) is 20.3. The van der Waals surface area contributed by atoms with Crippen LogP contribution >= 0.6 is 0 Å². The Morgan fingerprint density at radius 2 is 1.82 bits per heavy atom. The van der Waals surface area contributed by atoms with Gasteiger partial charge in [0.1, 0.15) is 5.75 Å². The minimum absolute atomic E-state index is 0.468. The summed E-state index contributed by atoms with van der Waals surface area (Å²) in [6, 6.07) is 30.6. The summed E-state index contributed by atoms with van der Waals surface area (Å²) in [5.41, 5.74) is 11.6. The zero-order valence-electron chi connectivity index (χ0n) is 18.0. The number of hydrogen-bond donors (Lipinski definition) is 1. The Balaban J connectivity index is 1.76. The van der Waals surface area contributed by atoms with Crippen molar-refractivity contribution in [3.05, 3.63) is 102 Å². The molecule has 5 aromatic rings. The summed E-state index contributed by atoms with van der Waals surface area (Å²) in [7, 11) is 1.64. The number of nitrogens with two attached hydrogens (primary N) is 1. The number of hydrogen-bond acceptors (Lipinski definition) is 3. The van der Waals surface area contributed by atoms with E-state index in [4.69, 9.17) is 10.5 Å². The van der Waals surface area contributed by atoms with Gasteiger partial charge in [0.15, 0.2) is 0 Å². The lowest BCUT2D eigenvalue weighted by Gasteiger charge is -2.10. The van der Waals surface area contributed by atoms with E-state index < -0.39 is 5.91 Å². The van der Waals surface area contributed by atoms with Crippen LogP contribution in [-0.2, 0) is 6.54 Å². The number of primary amides is 1. The van der Waals surface area contributed by atoms with Crippen molar-refractivity contribution in [2.75, 3.05) is 7.11 Å². The van der Waals surface area contributed by atoms with Crippen LogP contribution in [0.25, 0.3) is 32.9 Å². The Labute approximate surface area is 191 Å². The Hall–Kier alpha value is -4.56. The molecule has 0 atom stereocenters. The van der Waals surface area contributed by atoms with Gasteiger partial charge in [-0.15, -0.1) is 0 Å². The van der Waals surface area contributed by atoms with Gasteiger partial charge in [0.05, 0.1) is 29.8 Å². The molecule has 33 heavy (non-hydrogen) atoms. The molecule has 0 saturated heterocycles. The number of benzene rings is 4. The lowest BCUT2D eigenvalue weighted by molar-refractivity contribution is 0.100. The molecule has 0 aliphatic rings. The molecule has 0 saturated carbocycles. The monoisotopic (exact) mass is 430 g/mol. The van der Waals surface area contributed by atoms with E-state index in [0.29, 0.717) is 17.7 Å². The van der Waals surface area contributed by atoms with Gasteiger partial charge >= 0.3 is 0 Å². The van der Waals surface area contributed by atoms with Crippen LogP contribution in [0.2, 0.25) is 0 Å². The third kappa shape index (κ3) is 3.58. The first-order valence-electron chi connectivity index (χ1n) is 10.5. The minimum atomic E-state index is -0.473. The van der Waals surface area contributed by atoms with Crippen molar-refractivity contribution in [3.8, 4) is 22.9 Å². The van der Waals surface area contributed by atoms with E-state index in [2.05, 4.69) is 22.8 Å². The van der Waals surface area contributed by atoms with Gasteiger partial charge < -0.3 is 15.0 Å². The van der Waals surface area contributed by atoms with Crippen LogP contribution in [0.1, 0.15) is 21.5 Å². The highest BCUT2D eigenvalue weighted by atomic mass is 16.5. The van der Waals surface area contributed by atoms with E-state index in [9.17, 15) is 10.1 Å². The van der Waals surface area contributed by atoms with Crippen LogP contribution in [0.5, 0.6) is 5.75 Å². The second-order valence-electron chi connectivity index (χ2n) is 7.84. The Morgan fingerprint density at radius 3 is 2.55 bits per heavy atom. The molecule has 4 aromatic carbocycles. The number of carbonyl (C=O) groups is 1. The Kier molecular flexibility index (Phi) is 5.04. The fourth-order valence-corrected chi connectivity index (χ4v) is 4.30. The van der Waals surface area contributed by atoms with E-state index in [1.165, 1.54) is 0 Å². The largest absolute Gasteiger partial charge is 0.497 e. The molecule has 1 radical (unpaired) electrons. The van der Waals surface area contributed by atoms with Gasteiger partial charge in [-0.1, -0.05) is 30.3 Å². The number of methoxy groups -OCH3 is 1. The molecule has 0 bridgehead atoms. The fraction of sp³-hybridized carbons (Fsp3) is 0.0714. The molecule has 0 aliphatic heterocycles. The minimum Gasteiger partial charge on any atom is -0.497 e. The third-order valence-corrected chi connectivity index (χ3v) is 5.88. The molecule has 5 heteroatoms. The number of rotatable bonds is 5. The van der Waals surface area contributed by atoms with Crippen molar-refractivity contribution in [2.45, 2.75) is 6.54 Å². The van der Waals surface area contributed by atoms with Gasteiger partial charge in [-0.25, -0.2) is 0 Å². The fourth-order valence-electron chi connectivity index (χ4n) is 4.30. The lowest BCUT2D eigenvalue weighted by atomic mass is 10.0.